The summed E-state index contributed by atoms with van der Waals surface area (Å²) < 4.78 is 3.83. The van der Waals surface area contributed by atoms with Crippen molar-refractivity contribution in [2.75, 3.05) is 0 Å². The Hall–Kier alpha value is 0.423. The molecule has 0 atom stereocenters. The van der Waals surface area contributed by atoms with Gasteiger partial charge >= 0.3 is 169 Å². The van der Waals surface area contributed by atoms with Crippen LogP contribution in [-0.4, -0.2) is 0 Å². The molecule has 0 bridgehead atoms. The van der Waals surface area contributed by atoms with Gasteiger partial charge in [0, 0.05) is 0 Å². The minimum atomic E-state index is -0.675. The van der Waals surface area contributed by atoms with E-state index in [0.29, 0.717) is 0 Å². The van der Waals surface area contributed by atoms with E-state index in [-0.39, 0.29) is 24.8 Å². The van der Waals surface area contributed by atoms with Crippen LogP contribution in [0.2, 0.25) is 0 Å². The zero-order chi connectivity index (χ0) is 18.4. The fraction of sp³-hybridized carbons (Fsp3) is 0.667. The predicted molar refractivity (Wildman–Crippen MR) is 108 cm³/mol. The van der Waals surface area contributed by atoms with Crippen LogP contribution in [0.1, 0.15) is 106 Å². The Morgan fingerprint density at radius 3 is 1.19 bits per heavy atom. The Bertz CT molecular complexity index is 566. The number of rotatable bonds is 10. The van der Waals surface area contributed by atoms with E-state index in [4.69, 9.17) is 0 Å². The van der Waals surface area contributed by atoms with Crippen molar-refractivity contribution in [3.05, 3.63) is 40.0 Å². The molecule has 3 heteroatoms. The van der Waals surface area contributed by atoms with Crippen molar-refractivity contribution in [2.45, 2.75) is 106 Å². The third-order valence-corrected chi connectivity index (χ3v) is 10.4. The van der Waals surface area contributed by atoms with Gasteiger partial charge in [-0.25, -0.2) is 0 Å². The molecular formula is C24H38Cl2Zr. The maximum atomic E-state index is 2.39. The van der Waals surface area contributed by atoms with Crippen molar-refractivity contribution in [3.8, 4) is 0 Å². The largest absolute Gasteiger partial charge is 1.00 e. The monoisotopic (exact) mass is 486 g/mol. The second-order valence-electron chi connectivity index (χ2n) is 7.51. The van der Waals surface area contributed by atoms with Crippen LogP contribution in [0.25, 0.3) is 0 Å². The van der Waals surface area contributed by atoms with Crippen LogP contribution >= 0.6 is 0 Å². The first-order chi connectivity index (χ1) is 12.1. The van der Waals surface area contributed by atoms with Crippen molar-refractivity contribution < 1.29 is 48.0 Å². The van der Waals surface area contributed by atoms with E-state index >= 15 is 0 Å². The quantitative estimate of drug-likeness (QED) is 0.443. The molecule has 2 rings (SSSR count). The zero-order valence-electron chi connectivity index (χ0n) is 18.3. The number of halogens is 2. The Labute approximate surface area is 192 Å². The molecule has 0 spiro atoms. The third-order valence-electron chi connectivity index (χ3n) is 5.93. The van der Waals surface area contributed by atoms with Crippen LogP contribution in [-0.2, 0) is 23.2 Å². The van der Waals surface area contributed by atoms with Gasteiger partial charge in [-0.05, 0) is 0 Å². The molecule has 0 aliphatic heterocycles. The van der Waals surface area contributed by atoms with Gasteiger partial charge in [0.2, 0.25) is 0 Å². The SMILES string of the molecule is CCCC1=[C]([Zr+2][C]2=C(CCC)CC(CC)=C2CC)C(CC)=C(CC)C1.[Cl-].[Cl-]. The Morgan fingerprint density at radius 1 is 0.556 bits per heavy atom. The van der Waals surface area contributed by atoms with E-state index in [2.05, 4.69) is 41.5 Å². The van der Waals surface area contributed by atoms with Crippen LogP contribution in [0.3, 0.4) is 0 Å². The number of hydrogen-bond donors (Lipinski definition) is 0. The summed E-state index contributed by atoms with van der Waals surface area (Å²) in [6.45, 7) is 14.2. The molecule has 0 aromatic heterocycles. The van der Waals surface area contributed by atoms with Gasteiger partial charge in [-0.1, -0.05) is 0 Å². The average Bonchev–Trinajstić information content (AvgIpc) is 3.13. The second kappa shape index (κ2) is 13.6. The van der Waals surface area contributed by atoms with Gasteiger partial charge in [0.05, 0.1) is 0 Å². The minimum Gasteiger partial charge on any atom is -1.00 e. The van der Waals surface area contributed by atoms with Gasteiger partial charge in [-0.3, -0.25) is 0 Å². The average molecular weight is 489 g/mol. The summed E-state index contributed by atoms with van der Waals surface area (Å²) in [6.07, 6.45) is 13.0. The summed E-state index contributed by atoms with van der Waals surface area (Å²) in [7, 11) is 0. The Balaban J connectivity index is 0.00000338. The van der Waals surface area contributed by atoms with Gasteiger partial charge in [0.25, 0.3) is 0 Å². The Kier molecular flexibility index (Phi) is 13.8. The van der Waals surface area contributed by atoms with Crippen molar-refractivity contribution in [2.24, 2.45) is 0 Å². The molecule has 0 aromatic rings. The summed E-state index contributed by atoms with van der Waals surface area (Å²) >= 11 is -0.675. The normalized spacial score (nSPS) is 16.8. The second-order valence-corrected chi connectivity index (χ2v) is 10.6. The maximum absolute atomic E-state index is 2.39. The van der Waals surface area contributed by atoms with Crippen LogP contribution in [0, 0.1) is 0 Å². The predicted octanol–water partition coefficient (Wildman–Crippen LogP) is 2.23. The molecule has 0 radical (unpaired) electrons. The van der Waals surface area contributed by atoms with Crippen LogP contribution in [0.4, 0.5) is 0 Å². The zero-order valence-corrected chi connectivity index (χ0v) is 22.3. The number of hydrogen-bond acceptors (Lipinski definition) is 0. The molecule has 152 valence electrons. The molecule has 0 saturated carbocycles. The summed E-state index contributed by atoms with van der Waals surface area (Å²) in [5.74, 6) is 0. The molecule has 0 heterocycles. The molecule has 0 nitrogen and oxygen atoms in total. The molecule has 2 aliphatic carbocycles. The Morgan fingerprint density at radius 2 is 0.926 bits per heavy atom. The van der Waals surface area contributed by atoms with Gasteiger partial charge < -0.3 is 24.8 Å². The summed E-state index contributed by atoms with van der Waals surface area (Å²) in [5, 5.41) is 0. The first-order valence-electron chi connectivity index (χ1n) is 10.8. The van der Waals surface area contributed by atoms with Gasteiger partial charge in [0.15, 0.2) is 0 Å². The molecule has 0 fully saturated rings. The van der Waals surface area contributed by atoms with Crippen LogP contribution < -0.4 is 24.8 Å². The van der Waals surface area contributed by atoms with E-state index in [1.54, 1.807) is 22.3 Å². The standard InChI is InChI=1S/2C12H19.2ClH.Zr/c2*1-4-7-10-8-11(5-2)12(6-3)9-10;;;/h2*4-8H2,1-3H3;2*1H;/q;;;;+2/p-2. The van der Waals surface area contributed by atoms with Crippen molar-refractivity contribution in [1.29, 1.82) is 0 Å². The van der Waals surface area contributed by atoms with Gasteiger partial charge in [-0.2, -0.15) is 0 Å². The summed E-state index contributed by atoms with van der Waals surface area (Å²) in [5.41, 5.74) is 10.8. The van der Waals surface area contributed by atoms with Crippen molar-refractivity contribution in [1.82, 2.24) is 0 Å². The van der Waals surface area contributed by atoms with Gasteiger partial charge in [-0.15, -0.1) is 0 Å². The van der Waals surface area contributed by atoms with Crippen LogP contribution in [0.5, 0.6) is 0 Å². The van der Waals surface area contributed by atoms with E-state index < -0.39 is 23.2 Å². The van der Waals surface area contributed by atoms with E-state index in [0.717, 1.165) is 0 Å². The van der Waals surface area contributed by atoms with Crippen LogP contribution in [0.15, 0.2) is 40.0 Å². The molecule has 0 unspecified atom stereocenters. The summed E-state index contributed by atoms with van der Waals surface area (Å²) in [4.78, 5) is 0. The molecule has 0 N–H and O–H groups in total. The number of allylic oxidation sites excluding steroid dienone is 8. The first kappa shape index (κ1) is 27.4. The topological polar surface area (TPSA) is 0 Å². The molecule has 2 aliphatic rings. The summed E-state index contributed by atoms with van der Waals surface area (Å²) in [6, 6.07) is 0. The molecular weight excluding hydrogens is 450 g/mol. The van der Waals surface area contributed by atoms with Gasteiger partial charge in [0.1, 0.15) is 0 Å². The maximum Gasteiger partial charge on any atom is -1.00 e. The van der Waals surface area contributed by atoms with E-state index in [9.17, 15) is 0 Å². The molecule has 0 aromatic carbocycles. The first-order valence-corrected chi connectivity index (χ1v) is 13.2. The van der Waals surface area contributed by atoms with Crippen molar-refractivity contribution >= 4 is 0 Å². The molecule has 27 heavy (non-hydrogen) atoms. The smallest absolute Gasteiger partial charge is 1.00 e. The van der Waals surface area contributed by atoms with Crippen molar-refractivity contribution in [3.63, 3.8) is 0 Å². The fourth-order valence-electron chi connectivity index (χ4n) is 4.70. The van der Waals surface area contributed by atoms with E-state index in [1.807, 2.05) is 17.7 Å². The molecule has 0 amide bonds. The third kappa shape index (κ3) is 6.20. The van der Waals surface area contributed by atoms with E-state index in [1.165, 1.54) is 64.2 Å². The molecule has 0 saturated heterocycles. The fourth-order valence-corrected chi connectivity index (χ4v) is 9.71. The minimum absolute atomic E-state index is 0.